The molecular formula is C41H49N13O4. The molecular weight excluding hydrogens is 739 g/mol. The zero-order valence-corrected chi connectivity index (χ0v) is 32.7. The van der Waals surface area contributed by atoms with E-state index in [1.54, 1.807) is 18.5 Å². The predicted octanol–water partition coefficient (Wildman–Crippen LogP) is 3.18. The first-order valence-electron chi connectivity index (χ1n) is 20.6. The highest BCUT2D eigenvalue weighted by Crippen LogP contribution is 2.35. The summed E-state index contributed by atoms with van der Waals surface area (Å²) in [5, 5.41) is 17.8. The maximum atomic E-state index is 13.7. The van der Waals surface area contributed by atoms with Gasteiger partial charge in [-0.05, 0) is 107 Å². The Morgan fingerprint density at radius 1 is 0.914 bits per heavy atom. The van der Waals surface area contributed by atoms with Crippen LogP contribution in [0.5, 0.6) is 0 Å². The topological polar surface area (TPSA) is 198 Å². The van der Waals surface area contributed by atoms with Crippen molar-refractivity contribution in [3.05, 3.63) is 70.8 Å². The maximum Gasteiger partial charge on any atom is 0.280 e. The molecule has 3 amide bonds. The van der Waals surface area contributed by atoms with Crippen LogP contribution in [0.4, 0.5) is 11.5 Å². The lowest BCUT2D eigenvalue weighted by molar-refractivity contribution is -0.136. The number of nitrogens with zero attached hydrogens (tertiary/aromatic N) is 10. The fourth-order valence-corrected chi connectivity index (χ4v) is 9.15. The van der Waals surface area contributed by atoms with Crippen molar-refractivity contribution in [2.75, 3.05) is 49.5 Å². The predicted molar refractivity (Wildman–Crippen MR) is 216 cm³/mol. The third-order valence-corrected chi connectivity index (χ3v) is 12.5. The molecule has 9 rings (SSSR count). The highest BCUT2D eigenvalue weighted by molar-refractivity contribution is 5.99. The highest BCUT2D eigenvalue weighted by Gasteiger charge is 2.34. The second kappa shape index (κ2) is 16.2. The Bertz CT molecular complexity index is 2390. The number of rotatable bonds is 11. The molecule has 3 aliphatic heterocycles. The minimum atomic E-state index is -0.847. The number of piperidine rings is 3. The van der Waals surface area contributed by atoms with Crippen molar-refractivity contribution in [2.45, 2.75) is 82.8 Å². The Morgan fingerprint density at radius 3 is 2.50 bits per heavy atom. The Labute approximate surface area is 335 Å². The number of imidazole rings is 1. The van der Waals surface area contributed by atoms with Crippen LogP contribution in [0, 0.1) is 18.8 Å². The molecule has 17 nitrogen and oxygen atoms in total. The number of hydrogen-bond acceptors (Lipinski definition) is 13. The molecule has 3 N–H and O–H groups in total. The molecule has 5 aromatic rings. The van der Waals surface area contributed by atoms with Crippen molar-refractivity contribution in [2.24, 2.45) is 11.8 Å². The van der Waals surface area contributed by atoms with Gasteiger partial charge in [0.25, 0.3) is 17.4 Å². The van der Waals surface area contributed by atoms with Gasteiger partial charge in [-0.25, -0.2) is 19.9 Å². The van der Waals surface area contributed by atoms with E-state index in [2.05, 4.69) is 60.6 Å². The van der Waals surface area contributed by atoms with Crippen LogP contribution >= 0.6 is 0 Å². The van der Waals surface area contributed by atoms with Crippen LogP contribution in [-0.2, 0) is 9.59 Å². The van der Waals surface area contributed by atoms with Crippen LogP contribution in [0.15, 0.2) is 53.8 Å². The third kappa shape index (κ3) is 7.74. The summed E-state index contributed by atoms with van der Waals surface area (Å²) in [6.07, 6.45) is 10.9. The standard InChI is InChI=1S/C41H49N13O4/c1-25-4-2-6-31(46-25)39(56)47-28-20-29(21-28)53-24-45-36-37(43-23-44-38(36)53)42-15-10-26-11-16-51(17-12-26)22-27-13-18-52(19-14-27)32-7-3-5-30-35(32)41(58)54(50-49-30)33-8-9-34(55)48-40(33)57/h2-7,23-24,26-29,33H,8-22H2,1H3,(H,47,56)(H,42,43,44)(H,48,55,57)/t28?,29?,33-/m0/s1. The third-order valence-electron chi connectivity index (χ3n) is 12.5. The molecule has 1 saturated carbocycles. The second-order valence-corrected chi connectivity index (χ2v) is 16.4. The summed E-state index contributed by atoms with van der Waals surface area (Å²) in [5.41, 5.74) is 3.84. The van der Waals surface area contributed by atoms with Gasteiger partial charge in [0.15, 0.2) is 11.5 Å². The molecule has 58 heavy (non-hydrogen) atoms. The van der Waals surface area contributed by atoms with Crippen molar-refractivity contribution in [3.63, 3.8) is 0 Å². The van der Waals surface area contributed by atoms with E-state index in [0.29, 0.717) is 28.4 Å². The van der Waals surface area contributed by atoms with Crippen LogP contribution in [0.1, 0.15) is 86.1 Å². The van der Waals surface area contributed by atoms with Crippen LogP contribution in [-0.4, -0.2) is 107 Å². The average molecular weight is 788 g/mol. The number of aryl methyl sites for hydroxylation is 1. The number of fused-ring (bicyclic) bond motifs is 2. The van der Waals surface area contributed by atoms with Gasteiger partial charge in [0.2, 0.25) is 5.91 Å². The number of hydrogen-bond donors (Lipinski definition) is 3. The smallest absolute Gasteiger partial charge is 0.280 e. The molecule has 4 aromatic heterocycles. The summed E-state index contributed by atoms with van der Waals surface area (Å²) in [6.45, 7) is 7.66. The SMILES string of the molecule is Cc1cccc(C(=O)NC2CC(n3cnc4c(NCCC5CCN(CC6CCN(c7cccc8nnn([C@H]9CCC(=O)NC9=O)c(=O)c78)CC6)CC5)ncnc43)C2)n1. The van der Waals surface area contributed by atoms with E-state index >= 15 is 0 Å². The van der Waals surface area contributed by atoms with Gasteiger partial charge in [-0.15, -0.1) is 5.10 Å². The van der Waals surface area contributed by atoms with Crippen LogP contribution in [0.3, 0.4) is 0 Å². The van der Waals surface area contributed by atoms with Gasteiger partial charge in [0, 0.05) is 50.4 Å². The van der Waals surface area contributed by atoms with Crippen molar-refractivity contribution < 1.29 is 14.4 Å². The van der Waals surface area contributed by atoms with Gasteiger partial charge in [0.1, 0.15) is 29.1 Å². The number of aromatic nitrogens is 8. The van der Waals surface area contributed by atoms with Gasteiger partial charge >= 0.3 is 0 Å². The molecule has 3 saturated heterocycles. The molecule has 0 spiro atoms. The number of pyridine rings is 1. The number of imide groups is 1. The van der Waals surface area contributed by atoms with Gasteiger partial charge in [-0.2, -0.15) is 4.68 Å². The van der Waals surface area contributed by atoms with Gasteiger partial charge in [-0.3, -0.25) is 24.5 Å². The van der Waals surface area contributed by atoms with Crippen molar-refractivity contribution in [3.8, 4) is 0 Å². The Balaban J connectivity index is 0.721. The monoisotopic (exact) mass is 787 g/mol. The van der Waals surface area contributed by atoms with E-state index in [-0.39, 0.29) is 42.3 Å². The Hall–Kier alpha value is -5.84. The molecule has 17 heteroatoms. The normalized spacial score (nSPS) is 22.2. The first kappa shape index (κ1) is 37.7. The van der Waals surface area contributed by atoms with Crippen molar-refractivity contribution in [1.82, 2.24) is 55.0 Å². The lowest BCUT2D eigenvalue weighted by Gasteiger charge is -2.38. The van der Waals surface area contributed by atoms with Crippen molar-refractivity contribution in [1.29, 1.82) is 0 Å². The van der Waals surface area contributed by atoms with E-state index < -0.39 is 11.9 Å². The summed E-state index contributed by atoms with van der Waals surface area (Å²) >= 11 is 0. The summed E-state index contributed by atoms with van der Waals surface area (Å²) in [7, 11) is 0. The lowest BCUT2D eigenvalue weighted by Crippen LogP contribution is -2.45. The molecule has 1 aliphatic carbocycles. The minimum Gasteiger partial charge on any atom is -0.371 e. The number of carbonyl (C=O) groups excluding carboxylic acids is 3. The molecule has 0 radical (unpaired) electrons. The van der Waals surface area contributed by atoms with Crippen molar-refractivity contribution >= 4 is 51.3 Å². The van der Waals surface area contributed by atoms with E-state index in [4.69, 9.17) is 0 Å². The van der Waals surface area contributed by atoms with Crippen LogP contribution in [0.25, 0.3) is 22.1 Å². The number of amides is 3. The number of nitrogens with one attached hydrogen (secondary N) is 3. The van der Waals surface area contributed by atoms with Crippen LogP contribution < -0.4 is 26.4 Å². The molecule has 1 aromatic carbocycles. The fourth-order valence-electron chi connectivity index (χ4n) is 9.15. The molecule has 0 bridgehead atoms. The highest BCUT2D eigenvalue weighted by atomic mass is 16.2. The Kier molecular flexibility index (Phi) is 10.5. The molecule has 7 heterocycles. The zero-order chi connectivity index (χ0) is 39.8. The summed E-state index contributed by atoms with van der Waals surface area (Å²) in [4.78, 5) is 73.6. The number of anilines is 2. The first-order valence-corrected chi connectivity index (χ1v) is 20.6. The summed E-state index contributed by atoms with van der Waals surface area (Å²) < 4.78 is 3.25. The van der Waals surface area contributed by atoms with E-state index in [1.165, 1.54) is 12.8 Å². The molecule has 4 fully saturated rings. The summed E-state index contributed by atoms with van der Waals surface area (Å²) in [5.74, 6) is 1.01. The second-order valence-electron chi connectivity index (χ2n) is 16.4. The zero-order valence-electron chi connectivity index (χ0n) is 32.7. The quantitative estimate of drug-likeness (QED) is 0.165. The largest absolute Gasteiger partial charge is 0.371 e. The van der Waals surface area contributed by atoms with Gasteiger partial charge in [0.05, 0.1) is 17.4 Å². The molecule has 1 atom stereocenters. The molecule has 4 aliphatic rings. The average Bonchev–Trinajstić information content (AvgIpc) is 3.65. The van der Waals surface area contributed by atoms with E-state index in [9.17, 15) is 19.2 Å². The number of likely N-dealkylation sites (tertiary alicyclic amines) is 1. The van der Waals surface area contributed by atoms with Crippen LogP contribution in [0.2, 0.25) is 0 Å². The van der Waals surface area contributed by atoms with Gasteiger partial charge in [-0.1, -0.05) is 17.3 Å². The lowest BCUT2D eigenvalue weighted by atomic mass is 9.86. The molecule has 302 valence electrons. The van der Waals surface area contributed by atoms with E-state index in [1.807, 2.05) is 37.5 Å². The maximum absolute atomic E-state index is 13.7. The number of benzene rings is 1. The first-order chi connectivity index (χ1) is 28.3. The Morgan fingerprint density at radius 2 is 1.71 bits per heavy atom. The summed E-state index contributed by atoms with van der Waals surface area (Å²) in [6, 6.07) is 10.6. The van der Waals surface area contributed by atoms with Gasteiger partial charge < -0.3 is 25.0 Å². The number of carbonyl (C=O) groups is 3. The minimum absolute atomic E-state index is 0.0896. The molecule has 0 unspecified atom stereocenters. The van der Waals surface area contributed by atoms with E-state index in [0.717, 1.165) is 104 Å². The fraction of sp³-hybridized carbons (Fsp3) is 0.512.